The van der Waals surface area contributed by atoms with E-state index in [-0.39, 0.29) is 23.1 Å². The molecule has 1 saturated heterocycles. The van der Waals surface area contributed by atoms with Crippen LogP contribution in [0.3, 0.4) is 0 Å². The largest absolute Gasteiger partial charge is 0.444 e. The maximum Gasteiger partial charge on any atom is 0.410 e. The quantitative estimate of drug-likeness (QED) is 0.840. The number of aromatic amines is 1. The predicted molar refractivity (Wildman–Crippen MR) is 109 cm³/mol. The van der Waals surface area contributed by atoms with Crippen molar-refractivity contribution in [3.63, 3.8) is 0 Å². The van der Waals surface area contributed by atoms with Gasteiger partial charge in [-0.1, -0.05) is 20.8 Å². The molecule has 1 amide bonds. The third-order valence-electron chi connectivity index (χ3n) is 5.33. The Kier molecular flexibility index (Phi) is 5.58. The fourth-order valence-corrected chi connectivity index (χ4v) is 3.88. The first-order chi connectivity index (χ1) is 12.9. The zero-order chi connectivity index (χ0) is 20.7. The average Bonchev–Trinajstić information content (AvgIpc) is 3.01. The minimum absolute atomic E-state index is 0.0324. The number of rotatable bonds is 2. The first-order valence-electron chi connectivity index (χ1n) is 10.3. The topological polar surface area (TPSA) is 78.5 Å². The molecule has 1 unspecified atom stereocenters. The van der Waals surface area contributed by atoms with Gasteiger partial charge in [-0.3, -0.25) is 9.69 Å². The van der Waals surface area contributed by atoms with E-state index in [4.69, 9.17) is 9.72 Å². The van der Waals surface area contributed by atoms with E-state index in [9.17, 15) is 9.59 Å². The summed E-state index contributed by atoms with van der Waals surface area (Å²) in [4.78, 5) is 37.0. The molecule has 1 aromatic heterocycles. The number of hydrogen-bond acceptors (Lipinski definition) is 5. The van der Waals surface area contributed by atoms with Crippen LogP contribution in [-0.4, -0.2) is 57.1 Å². The van der Waals surface area contributed by atoms with E-state index >= 15 is 0 Å². The summed E-state index contributed by atoms with van der Waals surface area (Å²) in [5.41, 5.74) is 0.984. The molecule has 0 bridgehead atoms. The Labute approximate surface area is 167 Å². The van der Waals surface area contributed by atoms with E-state index in [1.165, 1.54) is 0 Å². The van der Waals surface area contributed by atoms with Crippen LogP contribution in [0, 0.1) is 0 Å². The van der Waals surface area contributed by atoms with Crippen molar-refractivity contribution in [1.29, 1.82) is 0 Å². The first kappa shape index (κ1) is 20.8. The van der Waals surface area contributed by atoms with Crippen LogP contribution in [0.4, 0.5) is 4.79 Å². The van der Waals surface area contributed by atoms with Gasteiger partial charge in [-0.15, -0.1) is 0 Å². The number of carbonyl (C=O) groups excluding carboxylic acids is 1. The van der Waals surface area contributed by atoms with Crippen molar-refractivity contribution in [3.8, 4) is 0 Å². The zero-order valence-corrected chi connectivity index (χ0v) is 18.1. The van der Waals surface area contributed by atoms with Gasteiger partial charge in [0.05, 0.1) is 11.3 Å². The summed E-state index contributed by atoms with van der Waals surface area (Å²) in [7, 11) is 0. The van der Waals surface area contributed by atoms with Crippen molar-refractivity contribution in [2.45, 2.75) is 84.4 Å². The highest BCUT2D eigenvalue weighted by molar-refractivity contribution is 5.69. The molecule has 28 heavy (non-hydrogen) atoms. The molecule has 156 valence electrons. The van der Waals surface area contributed by atoms with Gasteiger partial charge < -0.3 is 14.6 Å². The summed E-state index contributed by atoms with van der Waals surface area (Å²) in [5.74, 6) is 0.747. The zero-order valence-electron chi connectivity index (χ0n) is 18.1. The number of fused-ring (bicyclic) bond motifs is 1. The molecule has 0 saturated carbocycles. The van der Waals surface area contributed by atoms with Crippen molar-refractivity contribution >= 4 is 6.09 Å². The minimum atomic E-state index is -0.488. The third kappa shape index (κ3) is 4.74. The second kappa shape index (κ2) is 7.50. The lowest BCUT2D eigenvalue weighted by Gasteiger charge is -2.34. The maximum absolute atomic E-state index is 12.6. The SMILES string of the molecule is CC(C)(C)OC(=O)N1CCCC1CN1CCc2nc(C(C)(C)C)[nH]c(=O)c2C1. The highest BCUT2D eigenvalue weighted by Crippen LogP contribution is 2.24. The number of likely N-dealkylation sites (tertiary alicyclic amines) is 1. The normalized spacial score (nSPS) is 20.9. The summed E-state index contributed by atoms with van der Waals surface area (Å²) in [5, 5.41) is 0. The Balaban J connectivity index is 1.69. The molecule has 1 aromatic rings. The lowest BCUT2D eigenvalue weighted by atomic mass is 9.95. The summed E-state index contributed by atoms with van der Waals surface area (Å²) >= 11 is 0. The molecule has 1 atom stereocenters. The van der Waals surface area contributed by atoms with Gasteiger partial charge in [0.1, 0.15) is 11.4 Å². The van der Waals surface area contributed by atoms with Gasteiger partial charge in [-0.05, 0) is 33.6 Å². The second-order valence-corrected chi connectivity index (χ2v) is 10.0. The number of aromatic nitrogens is 2. The van der Waals surface area contributed by atoms with Gasteiger partial charge in [-0.25, -0.2) is 9.78 Å². The van der Waals surface area contributed by atoms with Crippen LogP contribution in [0.2, 0.25) is 0 Å². The van der Waals surface area contributed by atoms with Crippen LogP contribution < -0.4 is 5.56 Å². The monoisotopic (exact) mass is 390 g/mol. The Morgan fingerprint density at radius 1 is 1.21 bits per heavy atom. The molecule has 7 heteroatoms. The highest BCUT2D eigenvalue weighted by atomic mass is 16.6. The Morgan fingerprint density at radius 3 is 2.57 bits per heavy atom. The second-order valence-electron chi connectivity index (χ2n) is 10.0. The van der Waals surface area contributed by atoms with Crippen LogP contribution in [0.1, 0.15) is 71.5 Å². The fraction of sp³-hybridized carbons (Fsp3) is 0.762. The molecule has 3 rings (SSSR count). The number of hydrogen-bond donors (Lipinski definition) is 1. The molecule has 3 heterocycles. The van der Waals surface area contributed by atoms with Gasteiger partial charge in [0.25, 0.3) is 5.56 Å². The molecule has 2 aliphatic rings. The lowest BCUT2D eigenvalue weighted by molar-refractivity contribution is 0.0192. The highest BCUT2D eigenvalue weighted by Gasteiger charge is 2.34. The van der Waals surface area contributed by atoms with Crippen molar-refractivity contribution in [2.75, 3.05) is 19.6 Å². The number of nitrogens with zero attached hydrogens (tertiary/aromatic N) is 3. The van der Waals surface area contributed by atoms with E-state index in [1.54, 1.807) is 0 Å². The molecular formula is C21H34N4O3. The van der Waals surface area contributed by atoms with E-state index in [0.29, 0.717) is 6.54 Å². The summed E-state index contributed by atoms with van der Waals surface area (Å²) in [6, 6.07) is 0.136. The van der Waals surface area contributed by atoms with Crippen molar-refractivity contribution in [1.82, 2.24) is 19.8 Å². The van der Waals surface area contributed by atoms with Gasteiger partial charge in [0, 0.05) is 44.1 Å². The number of carbonyl (C=O) groups is 1. The van der Waals surface area contributed by atoms with Crippen LogP contribution in [0.15, 0.2) is 4.79 Å². The van der Waals surface area contributed by atoms with E-state index < -0.39 is 5.60 Å². The number of nitrogens with one attached hydrogen (secondary N) is 1. The Hall–Kier alpha value is -1.89. The van der Waals surface area contributed by atoms with Crippen molar-refractivity contribution in [2.24, 2.45) is 0 Å². The van der Waals surface area contributed by atoms with Crippen LogP contribution >= 0.6 is 0 Å². The number of H-pyrrole nitrogens is 1. The maximum atomic E-state index is 12.6. The number of ether oxygens (including phenoxy) is 1. The standard InChI is InChI=1S/C21H34N4O3/c1-20(2,3)18-22-16-9-11-24(13-15(16)17(26)23-18)12-14-8-7-10-25(14)19(27)28-21(4,5)6/h14H,7-13H2,1-6H3,(H,22,23,26). The van der Waals surface area contributed by atoms with Crippen LogP contribution in [0.5, 0.6) is 0 Å². The van der Waals surface area contributed by atoms with Crippen LogP contribution in [-0.2, 0) is 23.1 Å². The fourth-order valence-electron chi connectivity index (χ4n) is 3.88. The first-order valence-corrected chi connectivity index (χ1v) is 10.3. The molecule has 0 radical (unpaired) electrons. The molecule has 1 N–H and O–H groups in total. The third-order valence-corrected chi connectivity index (χ3v) is 5.33. The van der Waals surface area contributed by atoms with Gasteiger partial charge in [-0.2, -0.15) is 0 Å². The summed E-state index contributed by atoms with van der Waals surface area (Å²) in [6.07, 6.45) is 2.49. The molecule has 0 aromatic carbocycles. The van der Waals surface area contributed by atoms with Crippen molar-refractivity contribution < 1.29 is 9.53 Å². The predicted octanol–water partition coefficient (Wildman–Crippen LogP) is 2.83. The number of amides is 1. The average molecular weight is 391 g/mol. The van der Waals surface area contributed by atoms with Gasteiger partial charge >= 0.3 is 6.09 Å². The smallest absolute Gasteiger partial charge is 0.410 e. The molecule has 7 nitrogen and oxygen atoms in total. The van der Waals surface area contributed by atoms with Gasteiger partial charge in [0.2, 0.25) is 0 Å². The minimum Gasteiger partial charge on any atom is -0.444 e. The van der Waals surface area contributed by atoms with Gasteiger partial charge in [0.15, 0.2) is 0 Å². The molecular weight excluding hydrogens is 356 g/mol. The molecule has 1 fully saturated rings. The molecule has 0 spiro atoms. The van der Waals surface area contributed by atoms with Crippen molar-refractivity contribution in [3.05, 3.63) is 27.4 Å². The summed E-state index contributed by atoms with van der Waals surface area (Å²) in [6.45, 7) is 14.8. The summed E-state index contributed by atoms with van der Waals surface area (Å²) < 4.78 is 5.56. The van der Waals surface area contributed by atoms with Crippen LogP contribution in [0.25, 0.3) is 0 Å². The molecule has 2 aliphatic heterocycles. The van der Waals surface area contributed by atoms with E-state index in [0.717, 1.165) is 56.0 Å². The lowest BCUT2D eigenvalue weighted by Crippen LogP contribution is -2.47. The Bertz CT molecular complexity index is 788. The Morgan fingerprint density at radius 2 is 1.93 bits per heavy atom. The van der Waals surface area contributed by atoms with E-state index in [1.807, 2.05) is 25.7 Å². The van der Waals surface area contributed by atoms with E-state index in [2.05, 4.69) is 30.7 Å². The molecule has 0 aliphatic carbocycles.